The highest BCUT2D eigenvalue weighted by Gasteiger charge is 2.31. The van der Waals surface area contributed by atoms with Crippen LogP contribution < -0.4 is 10.6 Å². The summed E-state index contributed by atoms with van der Waals surface area (Å²) in [6.45, 7) is 9.85. The van der Waals surface area contributed by atoms with Crippen molar-refractivity contribution in [3.05, 3.63) is 22.4 Å². The largest absolute Gasteiger partial charge is 0.381 e. The molecule has 1 saturated heterocycles. The van der Waals surface area contributed by atoms with Crippen molar-refractivity contribution in [2.75, 3.05) is 46.4 Å². The Balaban J connectivity index is 1.83. The second-order valence-electron chi connectivity index (χ2n) is 7.31. The van der Waals surface area contributed by atoms with E-state index >= 15 is 0 Å². The molecule has 6 heteroatoms. The van der Waals surface area contributed by atoms with Gasteiger partial charge in [0.25, 0.3) is 0 Å². The molecule has 0 aliphatic carbocycles. The number of unbranched alkanes of at least 4 members (excludes halogenated alkanes) is 1. The fourth-order valence-electron chi connectivity index (χ4n) is 3.64. The van der Waals surface area contributed by atoms with Gasteiger partial charge in [-0.05, 0) is 63.6 Å². The fraction of sp³-hybridized carbons (Fsp3) is 0.762. The molecule has 1 aliphatic heterocycles. The second-order valence-corrected chi connectivity index (χ2v) is 8.29. The number of piperidine rings is 1. The van der Waals surface area contributed by atoms with Crippen LogP contribution in [-0.4, -0.2) is 57.3 Å². The van der Waals surface area contributed by atoms with Crippen molar-refractivity contribution in [1.29, 1.82) is 0 Å². The first-order valence-electron chi connectivity index (χ1n) is 10.6. The Labute approximate surface area is 169 Å². The standard InChI is InChI=1S/C21H38N4OS/c1-4-6-14-26-15-9-12-23-21(22-5-2)24-17-18-10-7-13-25(3)20(18)19-11-8-16-27-19/h8,11,16,18,20H,4-7,9-10,12-15,17H2,1-3H3,(H2,22,23,24). The van der Waals surface area contributed by atoms with Crippen LogP contribution in [0.5, 0.6) is 0 Å². The van der Waals surface area contributed by atoms with Gasteiger partial charge in [-0.2, -0.15) is 0 Å². The van der Waals surface area contributed by atoms with Gasteiger partial charge in [-0.1, -0.05) is 19.4 Å². The predicted octanol–water partition coefficient (Wildman–Crippen LogP) is 3.89. The van der Waals surface area contributed by atoms with Gasteiger partial charge in [0.15, 0.2) is 5.96 Å². The summed E-state index contributed by atoms with van der Waals surface area (Å²) in [5.74, 6) is 1.51. The third kappa shape index (κ3) is 7.80. The van der Waals surface area contributed by atoms with Crippen molar-refractivity contribution in [2.45, 2.75) is 52.0 Å². The van der Waals surface area contributed by atoms with Crippen molar-refractivity contribution in [3.63, 3.8) is 0 Å². The Morgan fingerprint density at radius 2 is 2.15 bits per heavy atom. The molecule has 0 radical (unpaired) electrons. The van der Waals surface area contributed by atoms with E-state index in [1.165, 1.54) is 30.7 Å². The third-order valence-electron chi connectivity index (χ3n) is 5.07. The highest BCUT2D eigenvalue weighted by atomic mass is 32.1. The smallest absolute Gasteiger partial charge is 0.191 e. The summed E-state index contributed by atoms with van der Waals surface area (Å²) >= 11 is 1.87. The number of hydrogen-bond acceptors (Lipinski definition) is 4. The Bertz CT molecular complexity index is 520. The van der Waals surface area contributed by atoms with Crippen molar-refractivity contribution < 1.29 is 4.74 Å². The van der Waals surface area contributed by atoms with Gasteiger partial charge in [0.2, 0.25) is 0 Å². The number of hydrogen-bond donors (Lipinski definition) is 2. The maximum atomic E-state index is 5.63. The number of aliphatic imine (C=N–C) groups is 1. The van der Waals surface area contributed by atoms with E-state index in [0.29, 0.717) is 12.0 Å². The molecule has 1 aliphatic rings. The Morgan fingerprint density at radius 1 is 1.30 bits per heavy atom. The lowest BCUT2D eigenvalue weighted by Gasteiger charge is -2.38. The predicted molar refractivity (Wildman–Crippen MR) is 117 cm³/mol. The molecule has 2 atom stereocenters. The Hall–Kier alpha value is -1.11. The van der Waals surface area contributed by atoms with E-state index in [9.17, 15) is 0 Å². The van der Waals surface area contributed by atoms with Crippen LogP contribution in [0.2, 0.25) is 0 Å². The van der Waals surface area contributed by atoms with Crippen molar-refractivity contribution >= 4 is 17.3 Å². The van der Waals surface area contributed by atoms with E-state index in [1.807, 2.05) is 11.3 Å². The lowest BCUT2D eigenvalue weighted by atomic mass is 9.88. The van der Waals surface area contributed by atoms with Crippen LogP contribution in [0.1, 0.15) is 56.9 Å². The number of rotatable bonds is 11. The SMILES string of the molecule is CCCCOCCCNC(=NCC1CCCN(C)C1c1cccs1)NCC. The summed E-state index contributed by atoms with van der Waals surface area (Å²) in [5.41, 5.74) is 0. The summed E-state index contributed by atoms with van der Waals surface area (Å²) < 4.78 is 5.63. The number of nitrogens with zero attached hydrogens (tertiary/aromatic N) is 2. The Kier molecular flexibility index (Phi) is 10.8. The van der Waals surface area contributed by atoms with Gasteiger partial charge in [0, 0.05) is 43.8 Å². The molecule has 2 unspecified atom stereocenters. The summed E-state index contributed by atoms with van der Waals surface area (Å²) in [7, 11) is 2.25. The van der Waals surface area contributed by atoms with Gasteiger partial charge >= 0.3 is 0 Å². The molecule has 0 spiro atoms. The Morgan fingerprint density at radius 3 is 2.89 bits per heavy atom. The summed E-state index contributed by atoms with van der Waals surface area (Å²) in [4.78, 5) is 8.89. The monoisotopic (exact) mass is 394 g/mol. The number of ether oxygens (including phenoxy) is 1. The molecular weight excluding hydrogens is 356 g/mol. The van der Waals surface area contributed by atoms with E-state index in [0.717, 1.165) is 51.6 Å². The van der Waals surface area contributed by atoms with Gasteiger partial charge in [-0.15, -0.1) is 11.3 Å². The van der Waals surface area contributed by atoms with E-state index in [4.69, 9.17) is 9.73 Å². The average Bonchev–Trinajstić information content (AvgIpc) is 3.19. The van der Waals surface area contributed by atoms with Crippen LogP contribution in [0.4, 0.5) is 0 Å². The molecule has 0 saturated carbocycles. The van der Waals surface area contributed by atoms with Crippen LogP contribution in [0.25, 0.3) is 0 Å². The molecule has 0 aromatic carbocycles. The third-order valence-corrected chi connectivity index (χ3v) is 6.01. The lowest BCUT2D eigenvalue weighted by molar-refractivity contribution is 0.128. The average molecular weight is 395 g/mol. The zero-order valence-corrected chi connectivity index (χ0v) is 18.2. The van der Waals surface area contributed by atoms with Crippen LogP contribution in [0.15, 0.2) is 22.5 Å². The van der Waals surface area contributed by atoms with Crippen molar-refractivity contribution in [1.82, 2.24) is 15.5 Å². The molecule has 27 heavy (non-hydrogen) atoms. The van der Waals surface area contributed by atoms with E-state index in [-0.39, 0.29) is 0 Å². The summed E-state index contributed by atoms with van der Waals surface area (Å²) in [5, 5.41) is 9.03. The lowest BCUT2D eigenvalue weighted by Crippen LogP contribution is -2.40. The molecule has 1 aromatic rings. The topological polar surface area (TPSA) is 48.9 Å². The van der Waals surface area contributed by atoms with Gasteiger partial charge in [0.1, 0.15) is 0 Å². The quantitative estimate of drug-likeness (QED) is 0.340. The first kappa shape index (κ1) is 22.2. The molecule has 5 nitrogen and oxygen atoms in total. The van der Waals surface area contributed by atoms with Crippen LogP contribution >= 0.6 is 11.3 Å². The zero-order valence-electron chi connectivity index (χ0n) is 17.4. The van der Waals surface area contributed by atoms with Crippen molar-refractivity contribution in [3.8, 4) is 0 Å². The van der Waals surface area contributed by atoms with Gasteiger partial charge in [0.05, 0.1) is 0 Å². The first-order valence-corrected chi connectivity index (χ1v) is 11.5. The molecule has 2 rings (SSSR count). The van der Waals surface area contributed by atoms with Crippen LogP contribution in [0, 0.1) is 5.92 Å². The molecule has 2 N–H and O–H groups in total. The molecular formula is C21H38N4OS. The minimum atomic E-state index is 0.498. The molecule has 154 valence electrons. The second kappa shape index (κ2) is 13.1. The normalized spacial score (nSPS) is 21.4. The molecule has 0 amide bonds. The maximum absolute atomic E-state index is 5.63. The molecule has 1 aromatic heterocycles. The van der Waals surface area contributed by atoms with Gasteiger partial charge in [-0.25, -0.2) is 0 Å². The fourth-order valence-corrected chi connectivity index (χ4v) is 4.62. The maximum Gasteiger partial charge on any atom is 0.191 e. The highest BCUT2D eigenvalue weighted by molar-refractivity contribution is 7.10. The number of likely N-dealkylation sites (tertiary alicyclic amines) is 1. The number of guanidine groups is 1. The number of nitrogens with one attached hydrogen (secondary N) is 2. The highest BCUT2D eigenvalue weighted by Crippen LogP contribution is 2.37. The number of thiophene rings is 1. The van der Waals surface area contributed by atoms with Crippen molar-refractivity contribution in [2.24, 2.45) is 10.9 Å². The molecule has 1 fully saturated rings. The molecule has 2 heterocycles. The van der Waals surface area contributed by atoms with E-state index in [2.05, 4.69) is 53.9 Å². The first-order chi connectivity index (χ1) is 13.3. The molecule has 0 bridgehead atoms. The summed E-state index contributed by atoms with van der Waals surface area (Å²) in [6.07, 6.45) is 5.87. The van der Waals surface area contributed by atoms with Crippen LogP contribution in [0.3, 0.4) is 0 Å². The van der Waals surface area contributed by atoms with Crippen LogP contribution in [-0.2, 0) is 4.74 Å². The van der Waals surface area contributed by atoms with E-state index in [1.54, 1.807) is 0 Å². The minimum absolute atomic E-state index is 0.498. The minimum Gasteiger partial charge on any atom is -0.381 e. The van der Waals surface area contributed by atoms with Gasteiger partial charge in [-0.3, -0.25) is 9.89 Å². The summed E-state index contributed by atoms with van der Waals surface area (Å²) in [6, 6.07) is 4.93. The van der Waals surface area contributed by atoms with Gasteiger partial charge < -0.3 is 15.4 Å². The zero-order chi connectivity index (χ0) is 19.3. The van der Waals surface area contributed by atoms with E-state index < -0.39 is 0 Å².